The van der Waals surface area contributed by atoms with E-state index in [9.17, 15) is 0 Å². The Bertz CT molecular complexity index is 111. The first-order valence-corrected chi connectivity index (χ1v) is 4.40. The second-order valence-corrected chi connectivity index (χ2v) is 4.01. The Morgan fingerprint density at radius 3 is 2.60 bits per heavy atom. The van der Waals surface area contributed by atoms with E-state index in [0.717, 1.165) is 12.5 Å². The quantitative estimate of drug-likeness (QED) is 0.626. The number of hydrogen-bond acceptors (Lipinski definition) is 1. The van der Waals surface area contributed by atoms with Crippen LogP contribution in [0.15, 0.2) is 0 Å². The fourth-order valence-electron chi connectivity index (χ4n) is 1.98. The Morgan fingerprint density at radius 2 is 2.30 bits per heavy atom. The summed E-state index contributed by atoms with van der Waals surface area (Å²) in [5, 5.41) is 0. The third-order valence-corrected chi connectivity index (χ3v) is 3.12. The summed E-state index contributed by atoms with van der Waals surface area (Å²) < 4.78 is 0. The van der Waals surface area contributed by atoms with Crippen LogP contribution in [0.5, 0.6) is 0 Å². The second-order valence-electron chi connectivity index (χ2n) is 4.01. The summed E-state index contributed by atoms with van der Waals surface area (Å²) >= 11 is 0. The van der Waals surface area contributed by atoms with E-state index < -0.39 is 0 Å². The lowest BCUT2D eigenvalue weighted by atomic mass is 9.85. The molecule has 2 atom stereocenters. The lowest BCUT2D eigenvalue weighted by Gasteiger charge is -2.21. The van der Waals surface area contributed by atoms with Crippen molar-refractivity contribution in [3.63, 3.8) is 0 Å². The molecule has 1 fully saturated rings. The van der Waals surface area contributed by atoms with Gasteiger partial charge in [-0.1, -0.05) is 20.3 Å². The molecular weight excluding hydrogens is 122 g/mol. The molecule has 0 radical (unpaired) electrons. The van der Waals surface area contributed by atoms with E-state index in [4.69, 9.17) is 5.73 Å². The summed E-state index contributed by atoms with van der Waals surface area (Å²) in [6.45, 7) is 5.58. The maximum absolute atomic E-state index is 5.61. The predicted octanol–water partition coefficient (Wildman–Crippen LogP) is 2.16. The third kappa shape index (κ3) is 1.51. The van der Waals surface area contributed by atoms with E-state index in [1.165, 1.54) is 25.7 Å². The van der Waals surface area contributed by atoms with Crippen LogP contribution in [-0.2, 0) is 0 Å². The zero-order valence-corrected chi connectivity index (χ0v) is 7.19. The molecule has 2 N–H and O–H groups in total. The van der Waals surface area contributed by atoms with Crippen LogP contribution >= 0.6 is 0 Å². The van der Waals surface area contributed by atoms with Crippen molar-refractivity contribution in [2.24, 2.45) is 17.1 Å². The Morgan fingerprint density at radius 1 is 1.60 bits per heavy atom. The molecule has 0 spiro atoms. The van der Waals surface area contributed by atoms with Gasteiger partial charge >= 0.3 is 0 Å². The summed E-state index contributed by atoms with van der Waals surface area (Å²) in [7, 11) is 0. The van der Waals surface area contributed by atoms with Crippen molar-refractivity contribution in [1.82, 2.24) is 0 Å². The van der Waals surface area contributed by atoms with E-state index in [0.29, 0.717) is 5.41 Å². The SMILES string of the molecule is CCC1(C)CCC(CN)C1. The van der Waals surface area contributed by atoms with E-state index in [-0.39, 0.29) is 0 Å². The highest BCUT2D eigenvalue weighted by Gasteiger charge is 2.32. The summed E-state index contributed by atoms with van der Waals surface area (Å²) in [5.74, 6) is 0.824. The van der Waals surface area contributed by atoms with Gasteiger partial charge in [0.1, 0.15) is 0 Å². The second kappa shape index (κ2) is 2.91. The van der Waals surface area contributed by atoms with E-state index in [1.54, 1.807) is 0 Å². The predicted molar refractivity (Wildman–Crippen MR) is 44.8 cm³/mol. The topological polar surface area (TPSA) is 26.0 Å². The van der Waals surface area contributed by atoms with E-state index in [2.05, 4.69) is 13.8 Å². The van der Waals surface area contributed by atoms with E-state index in [1.807, 2.05) is 0 Å². The lowest BCUT2D eigenvalue weighted by Crippen LogP contribution is -2.14. The summed E-state index contributed by atoms with van der Waals surface area (Å²) in [6, 6.07) is 0. The summed E-state index contributed by atoms with van der Waals surface area (Å²) in [5.41, 5.74) is 6.24. The average Bonchev–Trinajstić information content (AvgIpc) is 2.33. The zero-order chi connectivity index (χ0) is 7.61. The smallest absolute Gasteiger partial charge is 0.00487 e. The van der Waals surface area contributed by atoms with E-state index >= 15 is 0 Å². The molecule has 60 valence electrons. The molecule has 0 aromatic heterocycles. The van der Waals surface area contributed by atoms with Gasteiger partial charge in [0, 0.05) is 0 Å². The molecule has 1 rings (SSSR count). The highest BCUT2D eigenvalue weighted by molar-refractivity contribution is 4.84. The van der Waals surface area contributed by atoms with Crippen molar-refractivity contribution >= 4 is 0 Å². The Kier molecular flexibility index (Phi) is 2.35. The van der Waals surface area contributed by atoms with Crippen LogP contribution in [0.4, 0.5) is 0 Å². The van der Waals surface area contributed by atoms with Gasteiger partial charge < -0.3 is 5.73 Å². The Balaban J connectivity index is 2.41. The Hall–Kier alpha value is -0.0400. The third-order valence-electron chi connectivity index (χ3n) is 3.12. The first-order valence-electron chi connectivity index (χ1n) is 4.40. The largest absolute Gasteiger partial charge is 0.330 e. The maximum atomic E-state index is 5.61. The maximum Gasteiger partial charge on any atom is -0.00487 e. The van der Waals surface area contributed by atoms with Crippen LogP contribution in [0.25, 0.3) is 0 Å². The van der Waals surface area contributed by atoms with Gasteiger partial charge in [-0.2, -0.15) is 0 Å². The van der Waals surface area contributed by atoms with Crippen LogP contribution in [0.3, 0.4) is 0 Å². The van der Waals surface area contributed by atoms with Gasteiger partial charge in [0.15, 0.2) is 0 Å². The van der Waals surface area contributed by atoms with Gasteiger partial charge in [-0.3, -0.25) is 0 Å². The fraction of sp³-hybridized carbons (Fsp3) is 1.00. The van der Waals surface area contributed by atoms with Gasteiger partial charge in [-0.05, 0) is 37.1 Å². The number of hydrogen-bond donors (Lipinski definition) is 1. The van der Waals surface area contributed by atoms with Gasteiger partial charge in [-0.15, -0.1) is 0 Å². The molecule has 10 heavy (non-hydrogen) atoms. The standard InChI is InChI=1S/C9H19N/c1-3-9(2)5-4-8(6-9)7-10/h8H,3-7,10H2,1-2H3. The van der Waals surface area contributed by atoms with Gasteiger partial charge in [-0.25, -0.2) is 0 Å². The summed E-state index contributed by atoms with van der Waals surface area (Å²) in [4.78, 5) is 0. The molecular formula is C9H19N. The first kappa shape index (κ1) is 8.06. The van der Waals surface area contributed by atoms with Crippen molar-refractivity contribution < 1.29 is 0 Å². The normalized spacial score (nSPS) is 40.5. The number of nitrogens with two attached hydrogens (primary N) is 1. The average molecular weight is 141 g/mol. The van der Waals surface area contributed by atoms with Crippen molar-refractivity contribution in [2.45, 2.75) is 39.5 Å². The lowest BCUT2D eigenvalue weighted by molar-refractivity contribution is 0.309. The molecule has 1 aliphatic rings. The molecule has 1 aliphatic carbocycles. The molecule has 0 amide bonds. The van der Waals surface area contributed by atoms with Gasteiger partial charge in [0.05, 0.1) is 0 Å². The molecule has 1 nitrogen and oxygen atoms in total. The molecule has 0 aromatic carbocycles. The monoisotopic (exact) mass is 141 g/mol. The fourth-order valence-corrected chi connectivity index (χ4v) is 1.98. The van der Waals surface area contributed by atoms with Crippen molar-refractivity contribution in [2.75, 3.05) is 6.54 Å². The van der Waals surface area contributed by atoms with Crippen molar-refractivity contribution in [1.29, 1.82) is 0 Å². The molecule has 0 aromatic rings. The Labute approximate surface area is 64.0 Å². The minimum absolute atomic E-state index is 0.629. The molecule has 0 bridgehead atoms. The van der Waals surface area contributed by atoms with Gasteiger partial charge in [0.25, 0.3) is 0 Å². The summed E-state index contributed by atoms with van der Waals surface area (Å²) in [6.07, 6.45) is 5.44. The first-order chi connectivity index (χ1) is 4.70. The molecule has 1 heteroatoms. The van der Waals surface area contributed by atoms with Crippen LogP contribution in [0.1, 0.15) is 39.5 Å². The minimum Gasteiger partial charge on any atom is -0.330 e. The van der Waals surface area contributed by atoms with Crippen LogP contribution < -0.4 is 5.73 Å². The highest BCUT2D eigenvalue weighted by atomic mass is 14.6. The zero-order valence-electron chi connectivity index (χ0n) is 7.19. The van der Waals surface area contributed by atoms with Crippen LogP contribution in [-0.4, -0.2) is 6.54 Å². The highest BCUT2D eigenvalue weighted by Crippen LogP contribution is 2.43. The molecule has 0 saturated heterocycles. The van der Waals surface area contributed by atoms with Crippen LogP contribution in [0, 0.1) is 11.3 Å². The molecule has 2 unspecified atom stereocenters. The molecule has 0 aliphatic heterocycles. The minimum atomic E-state index is 0.629. The van der Waals surface area contributed by atoms with Gasteiger partial charge in [0.2, 0.25) is 0 Å². The molecule has 0 heterocycles. The van der Waals surface area contributed by atoms with Crippen molar-refractivity contribution in [3.05, 3.63) is 0 Å². The molecule has 1 saturated carbocycles. The van der Waals surface area contributed by atoms with Crippen LogP contribution in [0.2, 0.25) is 0 Å². The number of rotatable bonds is 2. The van der Waals surface area contributed by atoms with Crippen molar-refractivity contribution in [3.8, 4) is 0 Å².